The van der Waals surface area contributed by atoms with E-state index in [0.29, 0.717) is 13.0 Å². The molecule has 0 bridgehead atoms. The summed E-state index contributed by atoms with van der Waals surface area (Å²) in [5, 5.41) is 9.28. The molecule has 3 nitrogen and oxygen atoms in total. The van der Waals surface area contributed by atoms with E-state index in [2.05, 4.69) is 19.9 Å². The molecule has 2 atom stereocenters. The highest BCUT2D eigenvalue weighted by Gasteiger charge is 2.26. The summed E-state index contributed by atoms with van der Waals surface area (Å²) in [6.45, 7) is 4.70. The van der Waals surface area contributed by atoms with Crippen LogP contribution in [0.3, 0.4) is 0 Å². The highest BCUT2D eigenvalue weighted by molar-refractivity contribution is 5.30. The summed E-state index contributed by atoms with van der Waals surface area (Å²) in [4.78, 5) is 0. The average molecular weight is 246 g/mol. The summed E-state index contributed by atoms with van der Waals surface area (Å²) in [6.07, 6.45) is 2.89. The number of nitrogens with zero attached hydrogens (tertiary/aromatic N) is 1. The Labute approximate surface area is 110 Å². The van der Waals surface area contributed by atoms with Crippen LogP contribution in [0.5, 0.6) is 0 Å². The third-order valence-electron chi connectivity index (χ3n) is 3.08. The van der Waals surface area contributed by atoms with Crippen molar-refractivity contribution < 1.29 is 4.74 Å². The first kappa shape index (κ1) is 14.7. The van der Waals surface area contributed by atoms with Gasteiger partial charge in [-0.2, -0.15) is 5.26 Å². The summed E-state index contributed by atoms with van der Waals surface area (Å²) >= 11 is 0. The largest absolute Gasteiger partial charge is 0.378 e. The van der Waals surface area contributed by atoms with Crippen LogP contribution >= 0.6 is 0 Å². The first-order valence-corrected chi connectivity index (χ1v) is 6.49. The molecule has 98 valence electrons. The summed E-state index contributed by atoms with van der Waals surface area (Å²) < 4.78 is 5.67. The topological polar surface area (TPSA) is 59.0 Å². The molecule has 0 aliphatic heterocycles. The summed E-state index contributed by atoms with van der Waals surface area (Å²) in [6, 6.07) is 11.7. The average Bonchev–Trinajstić information content (AvgIpc) is 2.40. The number of benzene rings is 1. The molecule has 0 aliphatic rings. The van der Waals surface area contributed by atoms with Gasteiger partial charge in [0.2, 0.25) is 0 Å². The Balaban J connectivity index is 2.55. The Hall–Kier alpha value is -1.37. The molecular formula is C15H22N2O. The van der Waals surface area contributed by atoms with Gasteiger partial charge in [0.25, 0.3) is 0 Å². The molecule has 0 aliphatic carbocycles. The fourth-order valence-corrected chi connectivity index (χ4v) is 1.91. The van der Waals surface area contributed by atoms with Crippen molar-refractivity contribution in [2.45, 2.75) is 44.8 Å². The molecular weight excluding hydrogens is 224 g/mol. The molecule has 0 heterocycles. The third-order valence-corrected chi connectivity index (χ3v) is 3.08. The van der Waals surface area contributed by atoms with E-state index in [-0.39, 0.29) is 6.10 Å². The lowest BCUT2D eigenvalue weighted by atomic mass is 9.89. The van der Waals surface area contributed by atoms with Crippen LogP contribution < -0.4 is 5.73 Å². The molecule has 0 aromatic heterocycles. The maximum atomic E-state index is 9.28. The molecule has 2 N–H and O–H groups in total. The minimum absolute atomic E-state index is 0.230. The van der Waals surface area contributed by atoms with E-state index >= 15 is 0 Å². The van der Waals surface area contributed by atoms with Crippen molar-refractivity contribution in [3.05, 3.63) is 35.9 Å². The standard InChI is InChI=1S/C15H22N2O/c1-3-7-13(2)18-11-10-15(17,12-16)14-8-5-4-6-9-14/h4-6,8-9,13H,3,7,10-11,17H2,1-2H3. The Bertz CT molecular complexity index is 385. The predicted octanol–water partition coefficient (Wildman–Crippen LogP) is 2.96. The smallest absolute Gasteiger partial charge is 0.132 e. The summed E-state index contributed by atoms with van der Waals surface area (Å²) in [7, 11) is 0. The van der Waals surface area contributed by atoms with Crippen LogP contribution in [0.15, 0.2) is 30.3 Å². The van der Waals surface area contributed by atoms with Crippen molar-refractivity contribution in [1.82, 2.24) is 0 Å². The molecule has 1 aromatic carbocycles. The van der Waals surface area contributed by atoms with Gasteiger partial charge in [-0.05, 0) is 18.9 Å². The minimum atomic E-state index is -0.951. The van der Waals surface area contributed by atoms with E-state index in [9.17, 15) is 5.26 Å². The normalized spacial score (nSPS) is 15.7. The first-order chi connectivity index (χ1) is 8.62. The molecule has 0 saturated heterocycles. The SMILES string of the molecule is CCCC(C)OCCC(N)(C#N)c1ccccc1. The second-order valence-corrected chi connectivity index (χ2v) is 4.67. The lowest BCUT2D eigenvalue weighted by Crippen LogP contribution is -2.36. The van der Waals surface area contributed by atoms with E-state index in [1.807, 2.05) is 30.3 Å². The Morgan fingerprint density at radius 3 is 2.61 bits per heavy atom. The van der Waals surface area contributed by atoms with Gasteiger partial charge in [-0.1, -0.05) is 43.7 Å². The predicted molar refractivity (Wildman–Crippen MR) is 72.9 cm³/mol. The number of nitriles is 1. The molecule has 0 fully saturated rings. The van der Waals surface area contributed by atoms with Gasteiger partial charge in [-0.3, -0.25) is 0 Å². The molecule has 18 heavy (non-hydrogen) atoms. The van der Waals surface area contributed by atoms with E-state index in [1.54, 1.807) is 0 Å². The number of ether oxygens (including phenoxy) is 1. The van der Waals surface area contributed by atoms with Crippen molar-refractivity contribution >= 4 is 0 Å². The van der Waals surface area contributed by atoms with E-state index in [4.69, 9.17) is 10.5 Å². The molecule has 0 saturated carbocycles. The lowest BCUT2D eigenvalue weighted by Gasteiger charge is -2.23. The monoisotopic (exact) mass is 246 g/mol. The van der Waals surface area contributed by atoms with Crippen LogP contribution in [0.25, 0.3) is 0 Å². The van der Waals surface area contributed by atoms with Gasteiger partial charge in [0.15, 0.2) is 0 Å². The number of nitrogens with two attached hydrogens (primary N) is 1. The van der Waals surface area contributed by atoms with Gasteiger partial charge in [0.1, 0.15) is 5.54 Å². The summed E-state index contributed by atoms with van der Waals surface area (Å²) in [5.74, 6) is 0. The Kier molecular flexibility index (Phi) is 5.84. The van der Waals surface area contributed by atoms with Crippen LogP contribution in [-0.4, -0.2) is 12.7 Å². The number of hydrogen-bond donors (Lipinski definition) is 1. The maximum absolute atomic E-state index is 9.28. The second kappa shape index (κ2) is 7.15. The van der Waals surface area contributed by atoms with Crippen LogP contribution in [0, 0.1) is 11.3 Å². The molecule has 1 rings (SSSR count). The number of rotatable bonds is 7. The van der Waals surface area contributed by atoms with Crippen molar-refractivity contribution in [3.63, 3.8) is 0 Å². The van der Waals surface area contributed by atoms with Gasteiger partial charge < -0.3 is 10.5 Å². The molecule has 0 amide bonds. The van der Waals surface area contributed by atoms with Gasteiger partial charge in [0, 0.05) is 6.42 Å². The van der Waals surface area contributed by atoms with E-state index in [1.165, 1.54) is 0 Å². The van der Waals surface area contributed by atoms with Crippen molar-refractivity contribution in [2.24, 2.45) is 5.73 Å². The van der Waals surface area contributed by atoms with Gasteiger partial charge in [-0.15, -0.1) is 0 Å². The van der Waals surface area contributed by atoms with E-state index < -0.39 is 5.54 Å². The molecule has 0 radical (unpaired) electrons. The van der Waals surface area contributed by atoms with Gasteiger partial charge >= 0.3 is 0 Å². The summed E-state index contributed by atoms with van der Waals surface area (Å²) in [5.41, 5.74) is 6.03. The third kappa shape index (κ3) is 4.14. The quantitative estimate of drug-likeness (QED) is 0.804. The fourth-order valence-electron chi connectivity index (χ4n) is 1.91. The molecule has 0 spiro atoms. The van der Waals surface area contributed by atoms with Crippen LogP contribution in [-0.2, 0) is 10.3 Å². The highest BCUT2D eigenvalue weighted by atomic mass is 16.5. The zero-order valence-electron chi connectivity index (χ0n) is 11.2. The van der Waals surface area contributed by atoms with Crippen LogP contribution in [0.2, 0.25) is 0 Å². The van der Waals surface area contributed by atoms with Gasteiger partial charge in [0.05, 0.1) is 18.8 Å². The molecule has 1 aromatic rings. The van der Waals surface area contributed by atoms with Crippen LogP contribution in [0.4, 0.5) is 0 Å². The first-order valence-electron chi connectivity index (χ1n) is 6.49. The van der Waals surface area contributed by atoms with Gasteiger partial charge in [-0.25, -0.2) is 0 Å². The minimum Gasteiger partial charge on any atom is -0.378 e. The zero-order chi connectivity index (χ0) is 13.4. The van der Waals surface area contributed by atoms with Crippen molar-refractivity contribution in [2.75, 3.05) is 6.61 Å². The van der Waals surface area contributed by atoms with E-state index in [0.717, 1.165) is 18.4 Å². The Morgan fingerprint density at radius 2 is 2.06 bits per heavy atom. The lowest BCUT2D eigenvalue weighted by molar-refractivity contribution is 0.0513. The zero-order valence-corrected chi connectivity index (χ0v) is 11.2. The Morgan fingerprint density at radius 1 is 1.39 bits per heavy atom. The fraction of sp³-hybridized carbons (Fsp3) is 0.533. The second-order valence-electron chi connectivity index (χ2n) is 4.67. The van der Waals surface area contributed by atoms with Crippen LogP contribution in [0.1, 0.15) is 38.7 Å². The highest BCUT2D eigenvalue weighted by Crippen LogP contribution is 2.21. The molecule has 3 heteroatoms. The molecule has 2 unspecified atom stereocenters. The van der Waals surface area contributed by atoms with Crippen molar-refractivity contribution in [1.29, 1.82) is 5.26 Å². The van der Waals surface area contributed by atoms with Crippen molar-refractivity contribution in [3.8, 4) is 6.07 Å². The maximum Gasteiger partial charge on any atom is 0.132 e. The number of hydrogen-bond acceptors (Lipinski definition) is 3.